The zero-order valence-corrected chi connectivity index (χ0v) is 8.93. The Hall–Kier alpha value is -1.88. The molecule has 1 aromatic carbocycles. The van der Waals surface area contributed by atoms with Crippen molar-refractivity contribution in [3.8, 4) is 0 Å². The fraction of sp³-hybridized carbons (Fsp3) is 0.273. The predicted molar refractivity (Wildman–Crippen MR) is 59.7 cm³/mol. The molecule has 2 rings (SSSR count). The number of carbonyl (C=O) groups is 1. The maximum Gasteiger partial charge on any atom is 0.256 e. The number of hydrogen-bond donors (Lipinski definition) is 2. The van der Waals surface area contributed by atoms with E-state index in [9.17, 15) is 4.79 Å². The average Bonchev–Trinajstić information content (AvgIpc) is 2.59. The molecule has 0 fully saturated rings. The normalized spacial score (nSPS) is 19.4. The van der Waals surface area contributed by atoms with Gasteiger partial charge >= 0.3 is 0 Å². The zero-order valence-electron chi connectivity index (χ0n) is 8.93. The van der Waals surface area contributed by atoms with Crippen LogP contribution in [0.4, 0.5) is 0 Å². The highest BCUT2D eigenvalue weighted by Gasteiger charge is 2.26. The van der Waals surface area contributed by atoms with Gasteiger partial charge in [0.2, 0.25) is 0 Å². The summed E-state index contributed by atoms with van der Waals surface area (Å²) in [5, 5.41) is 2.47. The van der Waals surface area contributed by atoms with Gasteiger partial charge in [0.25, 0.3) is 5.91 Å². The molecule has 0 saturated carbocycles. The third-order valence-electron chi connectivity index (χ3n) is 2.37. The van der Waals surface area contributed by atoms with E-state index in [1.165, 1.54) is 0 Å². The molecular weight excluding hydrogens is 206 g/mol. The van der Waals surface area contributed by atoms with Crippen LogP contribution in [0.25, 0.3) is 0 Å². The number of amides is 1. The van der Waals surface area contributed by atoms with Crippen molar-refractivity contribution in [2.75, 3.05) is 7.11 Å². The molecule has 84 valence electrons. The number of aliphatic imine (C=N–C) groups is 1. The van der Waals surface area contributed by atoms with Crippen molar-refractivity contribution in [2.45, 2.75) is 12.6 Å². The van der Waals surface area contributed by atoms with Crippen LogP contribution in [0, 0.1) is 0 Å². The summed E-state index contributed by atoms with van der Waals surface area (Å²) >= 11 is 0. The second-order valence-corrected chi connectivity index (χ2v) is 3.58. The van der Waals surface area contributed by atoms with E-state index in [2.05, 4.69) is 10.3 Å². The van der Waals surface area contributed by atoms with Gasteiger partial charge in [-0.15, -0.1) is 0 Å². The number of hydrogen-bond acceptors (Lipinski definition) is 4. The number of nitrogens with one attached hydrogen (secondary N) is 1. The van der Waals surface area contributed by atoms with Crippen molar-refractivity contribution in [3.05, 3.63) is 35.4 Å². The second-order valence-electron chi connectivity index (χ2n) is 3.58. The molecule has 1 heterocycles. The first kappa shape index (κ1) is 10.6. The third-order valence-corrected chi connectivity index (χ3v) is 2.37. The van der Waals surface area contributed by atoms with Gasteiger partial charge in [0, 0.05) is 7.11 Å². The summed E-state index contributed by atoms with van der Waals surface area (Å²) in [4.78, 5) is 15.5. The summed E-state index contributed by atoms with van der Waals surface area (Å²) in [6.45, 7) is 0.558. The molecule has 0 spiro atoms. The SMILES string of the molecule is COCc1ccc(C2N=C(N)NC2=O)cc1. The maximum atomic E-state index is 11.5. The highest BCUT2D eigenvalue weighted by Crippen LogP contribution is 2.21. The van der Waals surface area contributed by atoms with E-state index in [0.29, 0.717) is 6.61 Å². The van der Waals surface area contributed by atoms with Crippen LogP contribution < -0.4 is 11.1 Å². The largest absolute Gasteiger partial charge is 0.380 e. The van der Waals surface area contributed by atoms with E-state index in [-0.39, 0.29) is 11.9 Å². The number of rotatable bonds is 3. The summed E-state index contributed by atoms with van der Waals surface area (Å²) in [6.07, 6.45) is 0. The van der Waals surface area contributed by atoms with Crippen molar-refractivity contribution in [1.82, 2.24) is 5.32 Å². The Morgan fingerprint density at radius 2 is 2.12 bits per heavy atom. The number of nitrogens with zero attached hydrogens (tertiary/aromatic N) is 1. The lowest BCUT2D eigenvalue weighted by Gasteiger charge is -2.06. The van der Waals surface area contributed by atoms with Crippen molar-refractivity contribution in [1.29, 1.82) is 0 Å². The van der Waals surface area contributed by atoms with Gasteiger partial charge in [-0.05, 0) is 11.1 Å². The summed E-state index contributed by atoms with van der Waals surface area (Å²) in [5.41, 5.74) is 7.32. The molecule has 0 radical (unpaired) electrons. The summed E-state index contributed by atoms with van der Waals surface area (Å²) in [6, 6.07) is 7.03. The van der Waals surface area contributed by atoms with E-state index < -0.39 is 6.04 Å². The third kappa shape index (κ3) is 2.04. The van der Waals surface area contributed by atoms with E-state index in [0.717, 1.165) is 11.1 Å². The number of guanidine groups is 1. The first-order valence-electron chi connectivity index (χ1n) is 4.92. The van der Waals surface area contributed by atoms with Crippen LogP contribution >= 0.6 is 0 Å². The number of carbonyl (C=O) groups excluding carboxylic acids is 1. The molecule has 0 aliphatic carbocycles. The minimum atomic E-state index is -0.517. The molecule has 1 atom stereocenters. The summed E-state index contributed by atoms with van der Waals surface area (Å²) in [7, 11) is 1.64. The molecule has 1 aliphatic heterocycles. The molecule has 1 aromatic rings. The number of ether oxygens (including phenoxy) is 1. The van der Waals surface area contributed by atoms with Crippen LogP contribution in [0.1, 0.15) is 17.2 Å². The minimum Gasteiger partial charge on any atom is -0.380 e. The first-order valence-corrected chi connectivity index (χ1v) is 4.92. The molecule has 1 aliphatic rings. The van der Waals surface area contributed by atoms with Gasteiger partial charge in [0.15, 0.2) is 12.0 Å². The van der Waals surface area contributed by atoms with Crippen LogP contribution in [-0.4, -0.2) is 19.0 Å². The summed E-state index contributed by atoms with van der Waals surface area (Å²) < 4.78 is 5.00. The number of nitrogens with two attached hydrogens (primary N) is 1. The van der Waals surface area contributed by atoms with Gasteiger partial charge in [-0.25, -0.2) is 4.99 Å². The quantitative estimate of drug-likeness (QED) is 0.768. The predicted octanol–water partition coefficient (Wildman–Crippen LogP) is 0.319. The van der Waals surface area contributed by atoms with Crippen LogP contribution in [0.15, 0.2) is 29.3 Å². The lowest BCUT2D eigenvalue weighted by Crippen LogP contribution is -2.31. The molecule has 1 unspecified atom stereocenters. The lowest BCUT2D eigenvalue weighted by molar-refractivity contribution is -0.120. The Morgan fingerprint density at radius 1 is 1.44 bits per heavy atom. The molecule has 0 aromatic heterocycles. The molecular formula is C11H13N3O2. The highest BCUT2D eigenvalue weighted by atomic mass is 16.5. The van der Waals surface area contributed by atoms with Gasteiger partial charge in [0.05, 0.1) is 6.61 Å². The highest BCUT2D eigenvalue weighted by molar-refractivity contribution is 6.04. The zero-order chi connectivity index (χ0) is 11.5. The Morgan fingerprint density at radius 3 is 2.62 bits per heavy atom. The molecule has 1 amide bonds. The minimum absolute atomic E-state index is 0.177. The van der Waals surface area contributed by atoms with Crippen LogP contribution in [-0.2, 0) is 16.1 Å². The van der Waals surface area contributed by atoms with Gasteiger partial charge in [-0.2, -0.15) is 0 Å². The average molecular weight is 219 g/mol. The Kier molecular flexibility index (Phi) is 2.87. The molecule has 3 N–H and O–H groups in total. The van der Waals surface area contributed by atoms with Gasteiger partial charge in [-0.3, -0.25) is 10.1 Å². The van der Waals surface area contributed by atoms with Gasteiger partial charge in [0.1, 0.15) is 0 Å². The monoisotopic (exact) mass is 219 g/mol. The van der Waals surface area contributed by atoms with Crippen molar-refractivity contribution in [2.24, 2.45) is 10.7 Å². The van der Waals surface area contributed by atoms with Crippen molar-refractivity contribution in [3.63, 3.8) is 0 Å². The first-order chi connectivity index (χ1) is 7.70. The molecule has 5 nitrogen and oxygen atoms in total. The molecule has 0 bridgehead atoms. The maximum absolute atomic E-state index is 11.5. The molecule has 16 heavy (non-hydrogen) atoms. The Balaban J connectivity index is 2.19. The number of benzene rings is 1. The Labute approximate surface area is 93.3 Å². The van der Waals surface area contributed by atoms with E-state index in [1.54, 1.807) is 7.11 Å². The topological polar surface area (TPSA) is 76.7 Å². The van der Waals surface area contributed by atoms with Crippen molar-refractivity contribution >= 4 is 11.9 Å². The van der Waals surface area contributed by atoms with E-state index in [1.807, 2.05) is 24.3 Å². The standard InChI is InChI=1S/C11H13N3O2/c1-16-6-7-2-4-8(5-3-7)9-10(15)14-11(12)13-9/h2-5,9H,6H2,1H3,(H3,12,13,14,15). The van der Waals surface area contributed by atoms with Crippen LogP contribution in [0.2, 0.25) is 0 Å². The smallest absolute Gasteiger partial charge is 0.256 e. The summed E-state index contributed by atoms with van der Waals surface area (Å²) in [5.74, 6) is -0.00652. The van der Waals surface area contributed by atoms with Crippen LogP contribution in [0.3, 0.4) is 0 Å². The number of methoxy groups -OCH3 is 1. The van der Waals surface area contributed by atoms with E-state index in [4.69, 9.17) is 10.5 Å². The Bertz CT molecular complexity index is 425. The molecule has 0 saturated heterocycles. The van der Waals surface area contributed by atoms with Crippen molar-refractivity contribution < 1.29 is 9.53 Å². The van der Waals surface area contributed by atoms with Crippen LogP contribution in [0.5, 0.6) is 0 Å². The second kappa shape index (κ2) is 4.32. The van der Waals surface area contributed by atoms with Gasteiger partial charge in [-0.1, -0.05) is 24.3 Å². The van der Waals surface area contributed by atoms with Gasteiger partial charge < -0.3 is 10.5 Å². The molecule has 5 heteroatoms. The van der Waals surface area contributed by atoms with E-state index >= 15 is 0 Å². The fourth-order valence-electron chi connectivity index (χ4n) is 1.61. The lowest BCUT2D eigenvalue weighted by atomic mass is 10.1. The fourth-order valence-corrected chi connectivity index (χ4v) is 1.61.